The first-order valence-electron chi connectivity index (χ1n) is 10.7. The SMILES string of the molecule is O=C(CC1NC(=O)N(Cc2ccccc2Cl)C1=O)N1CC2CC(C1)c1cccc(=O)n1C2. The Morgan fingerprint density at radius 2 is 1.84 bits per heavy atom. The van der Waals surface area contributed by atoms with E-state index in [1.165, 1.54) is 0 Å². The van der Waals surface area contributed by atoms with Gasteiger partial charge in [0.15, 0.2) is 0 Å². The number of urea groups is 1. The van der Waals surface area contributed by atoms with Gasteiger partial charge in [-0.1, -0.05) is 35.9 Å². The molecule has 0 spiro atoms. The van der Waals surface area contributed by atoms with Crippen molar-refractivity contribution in [3.8, 4) is 0 Å². The van der Waals surface area contributed by atoms with E-state index in [0.717, 1.165) is 17.0 Å². The van der Waals surface area contributed by atoms with Crippen molar-refractivity contribution >= 4 is 29.4 Å². The maximum Gasteiger partial charge on any atom is 0.325 e. The number of aromatic nitrogens is 1. The third-order valence-electron chi connectivity index (χ3n) is 6.60. The number of benzene rings is 1. The van der Waals surface area contributed by atoms with Crippen LogP contribution in [0, 0.1) is 5.92 Å². The largest absolute Gasteiger partial charge is 0.342 e. The first-order valence-corrected chi connectivity index (χ1v) is 11.1. The summed E-state index contributed by atoms with van der Waals surface area (Å²) in [6.07, 6.45) is 0.864. The first-order chi connectivity index (χ1) is 15.4. The Kier molecular flexibility index (Phi) is 5.25. The van der Waals surface area contributed by atoms with E-state index >= 15 is 0 Å². The van der Waals surface area contributed by atoms with Crippen molar-refractivity contribution in [3.05, 3.63) is 69.1 Å². The van der Waals surface area contributed by atoms with Gasteiger partial charge in [0.25, 0.3) is 11.5 Å². The standard InChI is InChI=1S/C23H23ClN4O4/c24-17-5-2-1-4-15(17)13-28-22(31)18(25-23(28)32)9-21(30)26-10-14-8-16(12-26)19-6-3-7-20(29)27(19)11-14/h1-7,14,16,18H,8-13H2,(H,25,32). The zero-order valence-electron chi connectivity index (χ0n) is 17.4. The van der Waals surface area contributed by atoms with Crippen LogP contribution in [-0.4, -0.2) is 51.3 Å². The molecule has 2 aromatic rings. The minimum atomic E-state index is -0.880. The van der Waals surface area contributed by atoms with E-state index in [4.69, 9.17) is 11.6 Å². The Morgan fingerprint density at radius 1 is 1.03 bits per heavy atom. The molecule has 3 aliphatic rings. The highest BCUT2D eigenvalue weighted by Crippen LogP contribution is 2.35. The molecular weight excluding hydrogens is 432 g/mol. The third-order valence-corrected chi connectivity index (χ3v) is 6.97. The third kappa shape index (κ3) is 3.68. The van der Waals surface area contributed by atoms with Crippen molar-refractivity contribution in [2.75, 3.05) is 13.1 Å². The Bertz CT molecular complexity index is 1160. The van der Waals surface area contributed by atoms with Crippen molar-refractivity contribution in [3.63, 3.8) is 0 Å². The van der Waals surface area contributed by atoms with Gasteiger partial charge >= 0.3 is 6.03 Å². The molecule has 5 rings (SSSR count). The summed E-state index contributed by atoms with van der Waals surface area (Å²) in [4.78, 5) is 53.3. The molecule has 4 heterocycles. The van der Waals surface area contributed by atoms with Crippen molar-refractivity contribution in [1.82, 2.24) is 19.7 Å². The summed E-state index contributed by atoms with van der Waals surface area (Å²) in [6, 6.07) is 10.9. The smallest absolute Gasteiger partial charge is 0.325 e. The summed E-state index contributed by atoms with van der Waals surface area (Å²) in [5.41, 5.74) is 1.62. The molecule has 0 radical (unpaired) electrons. The van der Waals surface area contributed by atoms with Gasteiger partial charge in [-0.2, -0.15) is 0 Å². The van der Waals surface area contributed by atoms with Gasteiger partial charge in [0, 0.05) is 42.3 Å². The van der Waals surface area contributed by atoms with Gasteiger partial charge in [-0.3, -0.25) is 19.3 Å². The normalized spacial score (nSPS) is 24.3. The van der Waals surface area contributed by atoms with Gasteiger partial charge in [-0.25, -0.2) is 4.79 Å². The number of rotatable bonds is 4. The first kappa shape index (κ1) is 20.8. The van der Waals surface area contributed by atoms with E-state index in [-0.39, 0.29) is 36.3 Å². The maximum absolute atomic E-state index is 13.0. The average Bonchev–Trinajstić information content (AvgIpc) is 3.03. The van der Waals surface area contributed by atoms with E-state index in [9.17, 15) is 19.2 Å². The average molecular weight is 455 g/mol. The van der Waals surface area contributed by atoms with Crippen LogP contribution in [0.1, 0.15) is 30.0 Å². The molecule has 0 aliphatic carbocycles. The minimum absolute atomic E-state index is 0.00477. The number of amides is 4. The highest BCUT2D eigenvalue weighted by Gasteiger charge is 2.42. The molecule has 166 valence electrons. The number of fused-ring (bicyclic) bond motifs is 4. The molecule has 2 fully saturated rings. The number of halogens is 1. The zero-order valence-corrected chi connectivity index (χ0v) is 18.1. The van der Waals surface area contributed by atoms with E-state index in [0.29, 0.717) is 30.2 Å². The molecule has 1 aromatic carbocycles. The summed E-state index contributed by atoms with van der Waals surface area (Å²) >= 11 is 6.16. The highest BCUT2D eigenvalue weighted by atomic mass is 35.5. The second kappa shape index (κ2) is 8.09. The van der Waals surface area contributed by atoms with Gasteiger partial charge in [-0.15, -0.1) is 0 Å². The fourth-order valence-electron chi connectivity index (χ4n) is 5.07. The number of nitrogens with one attached hydrogen (secondary N) is 1. The number of carbonyl (C=O) groups excluding carboxylic acids is 3. The van der Waals surface area contributed by atoms with Crippen molar-refractivity contribution in [2.24, 2.45) is 5.92 Å². The van der Waals surface area contributed by atoms with Crippen LogP contribution < -0.4 is 10.9 Å². The Hall–Kier alpha value is -3.13. The van der Waals surface area contributed by atoms with Crippen LogP contribution in [0.25, 0.3) is 0 Å². The van der Waals surface area contributed by atoms with Gasteiger partial charge in [-0.05, 0) is 30.0 Å². The molecule has 3 atom stereocenters. The predicted molar refractivity (Wildman–Crippen MR) is 117 cm³/mol. The molecule has 2 saturated heterocycles. The number of hydrogen-bond acceptors (Lipinski definition) is 4. The molecular formula is C23H23ClN4O4. The summed E-state index contributed by atoms with van der Waals surface area (Å²) in [6.45, 7) is 1.72. The lowest BCUT2D eigenvalue weighted by Gasteiger charge is -2.43. The molecule has 3 aliphatic heterocycles. The van der Waals surface area contributed by atoms with Crippen molar-refractivity contribution in [2.45, 2.75) is 37.9 Å². The number of likely N-dealkylation sites (tertiary alicyclic amines) is 1. The molecule has 4 amide bonds. The molecule has 32 heavy (non-hydrogen) atoms. The fourth-order valence-corrected chi connectivity index (χ4v) is 5.26. The Labute approximate surface area is 189 Å². The lowest BCUT2D eigenvalue weighted by molar-refractivity contribution is -0.137. The van der Waals surface area contributed by atoms with E-state index < -0.39 is 18.0 Å². The molecule has 0 saturated carbocycles. The van der Waals surface area contributed by atoms with E-state index in [1.54, 1.807) is 41.3 Å². The molecule has 1 N–H and O–H groups in total. The molecule has 1 aromatic heterocycles. The number of nitrogens with zero attached hydrogens (tertiary/aromatic N) is 3. The van der Waals surface area contributed by atoms with Crippen molar-refractivity contribution < 1.29 is 14.4 Å². The summed E-state index contributed by atoms with van der Waals surface area (Å²) in [5, 5.41) is 3.12. The lowest BCUT2D eigenvalue weighted by Crippen LogP contribution is -2.50. The van der Waals surface area contributed by atoms with Gasteiger partial charge in [0.2, 0.25) is 5.91 Å². The Balaban J connectivity index is 1.26. The summed E-state index contributed by atoms with van der Waals surface area (Å²) < 4.78 is 1.81. The van der Waals surface area contributed by atoms with Crippen LogP contribution in [0.4, 0.5) is 4.79 Å². The number of pyridine rings is 1. The molecule has 9 heteroatoms. The second-order valence-electron chi connectivity index (χ2n) is 8.72. The van der Waals surface area contributed by atoms with Crippen LogP contribution in [0.5, 0.6) is 0 Å². The number of piperidine rings is 1. The van der Waals surface area contributed by atoms with Gasteiger partial charge in [0.1, 0.15) is 6.04 Å². The maximum atomic E-state index is 13.0. The van der Waals surface area contributed by atoms with Crippen molar-refractivity contribution in [1.29, 1.82) is 0 Å². The zero-order chi connectivity index (χ0) is 22.4. The predicted octanol–water partition coefficient (Wildman–Crippen LogP) is 1.96. The van der Waals surface area contributed by atoms with Crippen LogP contribution in [0.3, 0.4) is 0 Å². The van der Waals surface area contributed by atoms with Gasteiger partial charge in [0.05, 0.1) is 13.0 Å². The topological polar surface area (TPSA) is 91.7 Å². The van der Waals surface area contributed by atoms with Crippen LogP contribution >= 0.6 is 11.6 Å². The lowest BCUT2D eigenvalue weighted by atomic mass is 9.83. The quantitative estimate of drug-likeness (QED) is 0.715. The Morgan fingerprint density at radius 3 is 2.66 bits per heavy atom. The second-order valence-corrected chi connectivity index (χ2v) is 9.13. The summed E-state index contributed by atoms with van der Waals surface area (Å²) in [5.74, 6) is -0.274. The summed E-state index contributed by atoms with van der Waals surface area (Å²) in [7, 11) is 0. The van der Waals surface area contributed by atoms with E-state index in [2.05, 4.69) is 5.32 Å². The molecule has 2 bridgehead atoms. The molecule has 3 unspecified atom stereocenters. The minimum Gasteiger partial charge on any atom is -0.342 e. The fraction of sp³-hybridized carbons (Fsp3) is 0.391. The highest BCUT2D eigenvalue weighted by molar-refractivity contribution is 6.31. The van der Waals surface area contributed by atoms with Crippen LogP contribution in [-0.2, 0) is 22.7 Å². The molecule has 8 nitrogen and oxygen atoms in total. The van der Waals surface area contributed by atoms with Crippen LogP contribution in [0.15, 0.2) is 47.3 Å². The van der Waals surface area contributed by atoms with E-state index in [1.807, 2.05) is 10.6 Å². The number of imide groups is 1. The number of carbonyl (C=O) groups is 3. The van der Waals surface area contributed by atoms with Gasteiger partial charge < -0.3 is 14.8 Å². The monoisotopic (exact) mass is 454 g/mol. The van der Waals surface area contributed by atoms with Crippen LogP contribution in [0.2, 0.25) is 5.02 Å². The number of hydrogen-bond donors (Lipinski definition) is 1.